The Labute approximate surface area is 121 Å². The van der Waals surface area contributed by atoms with Crippen LogP contribution in [0.15, 0.2) is 0 Å². The molecule has 1 fully saturated rings. The van der Waals surface area contributed by atoms with Crippen molar-refractivity contribution in [2.75, 3.05) is 13.7 Å². The maximum Gasteiger partial charge on any atom is 0.305 e. The Balaban J connectivity index is 2.97. The van der Waals surface area contributed by atoms with Gasteiger partial charge in [-0.05, 0) is 0 Å². The van der Waals surface area contributed by atoms with Gasteiger partial charge in [-0.2, -0.15) is 0 Å². The maximum absolute atomic E-state index is 11.1. The first-order valence-electron chi connectivity index (χ1n) is 6.11. The van der Waals surface area contributed by atoms with Crippen LogP contribution in [0.1, 0.15) is 20.8 Å². The zero-order valence-electron chi connectivity index (χ0n) is 12.2. The van der Waals surface area contributed by atoms with Crippen LogP contribution in [-0.4, -0.2) is 61.0 Å². The minimum Gasteiger partial charge on any atom is -0.463 e. The fraction of sp³-hybridized carbons (Fsp3) is 0.750. The van der Waals surface area contributed by atoms with E-state index in [4.69, 9.17) is 23.7 Å². The number of carbonyl (C=O) groups excluding carboxylic acids is 3. The van der Waals surface area contributed by atoms with Crippen molar-refractivity contribution in [3.8, 4) is 0 Å². The van der Waals surface area contributed by atoms with Gasteiger partial charge in [0.15, 0.2) is 6.10 Å². The molecule has 9 nitrogen and oxygen atoms in total. The lowest BCUT2D eigenvalue weighted by atomic mass is 10.1. The summed E-state index contributed by atoms with van der Waals surface area (Å²) in [6.07, 6.45) is -3.98. The number of esters is 3. The van der Waals surface area contributed by atoms with Crippen molar-refractivity contribution in [1.82, 2.24) is 0 Å². The van der Waals surface area contributed by atoms with E-state index >= 15 is 0 Å². The summed E-state index contributed by atoms with van der Waals surface area (Å²) in [6, 6.07) is 0. The molecule has 0 aromatic heterocycles. The molecule has 4 atom stereocenters. The Morgan fingerprint density at radius 3 is 2.10 bits per heavy atom. The van der Waals surface area contributed by atoms with Gasteiger partial charge in [0.1, 0.15) is 6.61 Å². The largest absolute Gasteiger partial charge is 0.463 e. The van der Waals surface area contributed by atoms with Crippen molar-refractivity contribution in [2.45, 2.75) is 45.1 Å². The first kappa shape index (κ1) is 17.3. The van der Waals surface area contributed by atoms with Crippen molar-refractivity contribution in [3.05, 3.63) is 0 Å². The summed E-state index contributed by atoms with van der Waals surface area (Å²) < 4.78 is 24.7. The van der Waals surface area contributed by atoms with Crippen LogP contribution in [0.3, 0.4) is 0 Å². The van der Waals surface area contributed by atoms with Gasteiger partial charge in [-0.25, -0.2) is 0 Å². The summed E-state index contributed by atoms with van der Waals surface area (Å²) in [7, 11) is 1.15. The highest BCUT2D eigenvalue weighted by atomic mass is 16.8. The highest BCUT2D eigenvalue weighted by Gasteiger charge is 2.61. The zero-order chi connectivity index (χ0) is 16.2. The van der Waals surface area contributed by atoms with Gasteiger partial charge in [0.05, 0.1) is 0 Å². The molecule has 0 aromatic carbocycles. The number of hydrogen-bond acceptors (Lipinski definition) is 9. The Morgan fingerprint density at radius 2 is 1.67 bits per heavy atom. The summed E-state index contributed by atoms with van der Waals surface area (Å²) in [4.78, 5) is 33.0. The Kier molecular flexibility index (Phi) is 5.64. The predicted octanol–water partition coefficient (Wildman–Crippen LogP) is -0.896. The van der Waals surface area contributed by atoms with Gasteiger partial charge < -0.3 is 28.8 Å². The van der Waals surface area contributed by atoms with Crippen molar-refractivity contribution < 1.29 is 43.2 Å². The molecular weight excluding hydrogens is 288 g/mol. The smallest absolute Gasteiger partial charge is 0.305 e. The van der Waals surface area contributed by atoms with Crippen molar-refractivity contribution in [3.63, 3.8) is 0 Å². The predicted molar refractivity (Wildman–Crippen MR) is 64.6 cm³/mol. The van der Waals surface area contributed by atoms with E-state index in [0.717, 1.165) is 21.0 Å². The molecule has 0 aromatic rings. The minimum absolute atomic E-state index is 0.366. The second-order valence-corrected chi connectivity index (χ2v) is 4.39. The molecular formula is C12H18O9. The monoisotopic (exact) mass is 306 g/mol. The molecule has 1 unspecified atom stereocenters. The molecule has 120 valence electrons. The number of aliphatic hydroxyl groups is 1. The summed E-state index contributed by atoms with van der Waals surface area (Å²) >= 11 is 0. The van der Waals surface area contributed by atoms with Gasteiger partial charge in [0, 0.05) is 27.9 Å². The summed E-state index contributed by atoms with van der Waals surface area (Å²) in [5.41, 5.74) is 0. The van der Waals surface area contributed by atoms with E-state index in [2.05, 4.69) is 0 Å². The molecule has 0 radical (unpaired) electrons. The summed E-state index contributed by atoms with van der Waals surface area (Å²) in [6.45, 7) is 3.04. The highest BCUT2D eigenvalue weighted by molar-refractivity contribution is 5.67. The third-order valence-corrected chi connectivity index (χ3v) is 2.75. The average Bonchev–Trinajstić information content (AvgIpc) is 2.61. The van der Waals surface area contributed by atoms with Crippen LogP contribution >= 0.6 is 0 Å². The molecule has 9 heteroatoms. The van der Waals surface area contributed by atoms with Crippen LogP contribution in [0.25, 0.3) is 0 Å². The highest BCUT2D eigenvalue weighted by Crippen LogP contribution is 2.35. The summed E-state index contributed by atoms with van der Waals surface area (Å²) in [5, 5.41) is 10.5. The van der Waals surface area contributed by atoms with E-state index < -0.39 is 42.2 Å². The second-order valence-electron chi connectivity index (χ2n) is 4.39. The van der Waals surface area contributed by atoms with E-state index in [-0.39, 0.29) is 6.61 Å². The number of carbonyl (C=O) groups is 3. The fourth-order valence-electron chi connectivity index (χ4n) is 1.88. The standard InChI is InChI=1S/C12H18O9/c1-6(13)18-5-9-12(16,17-4)10(19-7(2)14)11(21-9)20-8(3)15/h9-11,16H,5H2,1-4H3/t9-,10+,11?,12-/m1/s1. The van der Waals surface area contributed by atoms with Crippen LogP contribution < -0.4 is 0 Å². The minimum atomic E-state index is -2.12. The topological polar surface area (TPSA) is 118 Å². The molecule has 0 bridgehead atoms. The second kappa shape index (κ2) is 6.83. The number of rotatable bonds is 5. The SMILES string of the molecule is CO[C@]1(O)[C@@H](COC(C)=O)OC(OC(C)=O)[C@@H]1OC(C)=O. The van der Waals surface area contributed by atoms with E-state index in [1.54, 1.807) is 0 Å². The average molecular weight is 306 g/mol. The Hall–Kier alpha value is -1.71. The lowest BCUT2D eigenvalue weighted by Crippen LogP contribution is -2.53. The van der Waals surface area contributed by atoms with Crippen molar-refractivity contribution in [2.24, 2.45) is 0 Å². The Bertz CT molecular complexity index is 421. The number of hydrogen-bond donors (Lipinski definition) is 1. The van der Waals surface area contributed by atoms with E-state index in [1.165, 1.54) is 6.92 Å². The van der Waals surface area contributed by atoms with Crippen LogP contribution in [0.5, 0.6) is 0 Å². The van der Waals surface area contributed by atoms with Crippen molar-refractivity contribution in [1.29, 1.82) is 0 Å². The third-order valence-electron chi connectivity index (χ3n) is 2.75. The van der Waals surface area contributed by atoms with Gasteiger partial charge in [-0.15, -0.1) is 0 Å². The quantitative estimate of drug-likeness (QED) is 0.392. The van der Waals surface area contributed by atoms with E-state index in [1.807, 2.05) is 0 Å². The van der Waals surface area contributed by atoms with Gasteiger partial charge in [-0.1, -0.05) is 0 Å². The first-order valence-corrected chi connectivity index (χ1v) is 6.11. The van der Waals surface area contributed by atoms with Crippen LogP contribution in [0, 0.1) is 0 Å². The van der Waals surface area contributed by atoms with Crippen LogP contribution in [0.4, 0.5) is 0 Å². The molecule has 1 rings (SSSR count). The third kappa shape index (κ3) is 4.13. The van der Waals surface area contributed by atoms with Gasteiger partial charge in [-0.3, -0.25) is 14.4 Å². The van der Waals surface area contributed by atoms with Gasteiger partial charge >= 0.3 is 17.9 Å². The van der Waals surface area contributed by atoms with Crippen LogP contribution in [0.2, 0.25) is 0 Å². The Morgan fingerprint density at radius 1 is 1.10 bits per heavy atom. The molecule has 1 heterocycles. The zero-order valence-corrected chi connectivity index (χ0v) is 12.2. The molecule has 1 aliphatic heterocycles. The number of methoxy groups -OCH3 is 1. The fourth-order valence-corrected chi connectivity index (χ4v) is 1.88. The molecule has 0 amide bonds. The number of ether oxygens (including phenoxy) is 5. The molecule has 0 saturated carbocycles. The molecule has 1 saturated heterocycles. The van der Waals surface area contributed by atoms with Gasteiger partial charge in [0.2, 0.25) is 18.2 Å². The lowest BCUT2D eigenvalue weighted by Gasteiger charge is -2.30. The van der Waals surface area contributed by atoms with Gasteiger partial charge in [0.25, 0.3) is 0 Å². The molecule has 21 heavy (non-hydrogen) atoms. The molecule has 1 aliphatic rings. The molecule has 0 aliphatic carbocycles. The van der Waals surface area contributed by atoms with Crippen LogP contribution in [-0.2, 0) is 38.1 Å². The molecule has 1 N–H and O–H groups in total. The van der Waals surface area contributed by atoms with E-state index in [0.29, 0.717) is 0 Å². The van der Waals surface area contributed by atoms with Crippen molar-refractivity contribution >= 4 is 17.9 Å². The summed E-state index contributed by atoms with van der Waals surface area (Å²) in [5.74, 6) is -4.16. The normalized spacial score (nSPS) is 31.6. The lowest BCUT2D eigenvalue weighted by molar-refractivity contribution is -0.259. The van der Waals surface area contributed by atoms with E-state index in [9.17, 15) is 19.5 Å². The molecule has 0 spiro atoms. The maximum atomic E-state index is 11.1. The first-order chi connectivity index (χ1) is 9.70.